The number of nitrogens with zero attached hydrogens (tertiary/aromatic N) is 1. The molecule has 27 heavy (non-hydrogen) atoms. The van der Waals surface area contributed by atoms with Crippen molar-refractivity contribution in [3.8, 4) is 5.75 Å². The summed E-state index contributed by atoms with van der Waals surface area (Å²) in [6.07, 6.45) is 1.88. The lowest BCUT2D eigenvalue weighted by molar-refractivity contribution is -0.137. The molecule has 2 atom stereocenters. The molecule has 2 aliphatic rings. The fraction of sp³-hybridized carbons (Fsp3) is 0.579. The summed E-state index contributed by atoms with van der Waals surface area (Å²) in [5, 5.41) is 6.22. The van der Waals surface area contributed by atoms with E-state index < -0.39 is 6.04 Å². The van der Waals surface area contributed by atoms with Gasteiger partial charge in [-0.15, -0.1) is 12.4 Å². The van der Waals surface area contributed by atoms with Crippen molar-refractivity contribution in [3.63, 3.8) is 0 Å². The summed E-state index contributed by atoms with van der Waals surface area (Å²) in [5.74, 6) is 0.456. The number of nitrogens with one attached hydrogen (secondary N) is 2. The van der Waals surface area contributed by atoms with Crippen LogP contribution in [0.25, 0.3) is 0 Å². The van der Waals surface area contributed by atoms with Gasteiger partial charge in [0.15, 0.2) is 0 Å². The van der Waals surface area contributed by atoms with Crippen molar-refractivity contribution >= 4 is 29.9 Å². The van der Waals surface area contributed by atoms with Gasteiger partial charge in [-0.3, -0.25) is 9.59 Å². The maximum absolute atomic E-state index is 12.8. The lowest BCUT2D eigenvalue weighted by atomic mass is 10.1. The first-order valence-electron chi connectivity index (χ1n) is 9.14. The Morgan fingerprint density at radius 2 is 2.22 bits per heavy atom. The normalized spacial score (nSPS) is 22.1. The van der Waals surface area contributed by atoms with Crippen molar-refractivity contribution in [2.45, 2.75) is 38.3 Å². The van der Waals surface area contributed by atoms with Crippen LogP contribution < -0.4 is 15.4 Å². The van der Waals surface area contributed by atoms with Crippen molar-refractivity contribution in [2.24, 2.45) is 0 Å². The standard InChI is InChI=1S/C19H27N3O4.ClH/c1-13-5-6-17(25-2)15(10-13)21-19(24)16-4-3-8-22(16)18(23)11-14-12-26-9-7-20-14;/h5-6,10,14,16,20H,3-4,7-9,11-12H2,1-2H3,(H,21,24);1H. The first-order valence-corrected chi connectivity index (χ1v) is 9.14. The van der Waals surface area contributed by atoms with E-state index in [1.54, 1.807) is 12.0 Å². The monoisotopic (exact) mass is 397 g/mol. The Bertz CT molecular complexity index is 664. The summed E-state index contributed by atoms with van der Waals surface area (Å²) in [6.45, 7) is 4.55. The third kappa shape index (κ3) is 5.34. The summed E-state index contributed by atoms with van der Waals surface area (Å²) in [5.41, 5.74) is 1.67. The Kier molecular flexibility index (Phi) is 7.89. The van der Waals surface area contributed by atoms with Gasteiger partial charge in [0.25, 0.3) is 0 Å². The molecule has 2 heterocycles. The van der Waals surface area contributed by atoms with Crippen LogP contribution in [0.5, 0.6) is 5.75 Å². The molecule has 1 aromatic carbocycles. The van der Waals surface area contributed by atoms with Crippen LogP contribution in [-0.4, -0.2) is 62.2 Å². The molecule has 2 fully saturated rings. The van der Waals surface area contributed by atoms with Gasteiger partial charge in [-0.2, -0.15) is 0 Å². The Balaban J connectivity index is 0.00000261. The smallest absolute Gasteiger partial charge is 0.247 e. The average Bonchev–Trinajstić information content (AvgIpc) is 3.13. The quantitative estimate of drug-likeness (QED) is 0.791. The van der Waals surface area contributed by atoms with E-state index in [2.05, 4.69) is 10.6 Å². The average molecular weight is 398 g/mol. The Morgan fingerprint density at radius 1 is 1.41 bits per heavy atom. The molecule has 2 N–H and O–H groups in total. The number of carbonyl (C=O) groups is 2. The predicted molar refractivity (Wildman–Crippen MR) is 106 cm³/mol. The number of likely N-dealkylation sites (tertiary alicyclic amines) is 1. The number of hydrogen-bond acceptors (Lipinski definition) is 5. The van der Waals surface area contributed by atoms with Crippen LogP contribution in [-0.2, 0) is 14.3 Å². The Morgan fingerprint density at radius 3 is 2.93 bits per heavy atom. The minimum absolute atomic E-state index is 0. The summed E-state index contributed by atoms with van der Waals surface area (Å²) in [6, 6.07) is 5.23. The highest BCUT2D eigenvalue weighted by molar-refractivity contribution is 5.98. The van der Waals surface area contributed by atoms with Crippen molar-refractivity contribution < 1.29 is 19.1 Å². The number of anilines is 1. The van der Waals surface area contributed by atoms with E-state index in [-0.39, 0.29) is 30.3 Å². The van der Waals surface area contributed by atoms with Gasteiger partial charge in [0.2, 0.25) is 11.8 Å². The molecule has 7 nitrogen and oxygen atoms in total. The molecule has 8 heteroatoms. The zero-order valence-electron chi connectivity index (χ0n) is 15.8. The second-order valence-electron chi connectivity index (χ2n) is 6.87. The summed E-state index contributed by atoms with van der Waals surface area (Å²) < 4.78 is 10.7. The maximum atomic E-state index is 12.8. The van der Waals surface area contributed by atoms with Gasteiger partial charge in [-0.05, 0) is 37.5 Å². The maximum Gasteiger partial charge on any atom is 0.247 e. The predicted octanol–water partition coefficient (Wildman–Crippen LogP) is 1.73. The highest BCUT2D eigenvalue weighted by Gasteiger charge is 2.35. The first kappa shape index (κ1) is 21.5. The SMILES string of the molecule is COc1ccc(C)cc1NC(=O)C1CCCN1C(=O)CC1COCCN1.Cl. The fourth-order valence-corrected chi connectivity index (χ4v) is 3.55. The molecule has 0 aliphatic carbocycles. The summed E-state index contributed by atoms with van der Waals surface area (Å²) >= 11 is 0. The number of ether oxygens (including phenoxy) is 2. The molecular weight excluding hydrogens is 370 g/mol. The minimum Gasteiger partial charge on any atom is -0.495 e. The van der Waals surface area contributed by atoms with Crippen LogP contribution in [0.3, 0.4) is 0 Å². The molecule has 0 aromatic heterocycles. The number of methoxy groups -OCH3 is 1. The zero-order valence-corrected chi connectivity index (χ0v) is 16.6. The fourth-order valence-electron chi connectivity index (χ4n) is 3.55. The van der Waals surface area contributed by atoms with E-state index in [1.807, 2.05) is 25.1 Å². The first-order chi connectivity index (χ1) is 12.6. The Labute approximate surface area is 166 Å². The number of amides is 2. The minimum atomic E-state index is -0.433. The van der Waals surface area contributed by atoms with E-state index >= 15 is 0 Å². The van der Waals surface area contributed by atoms with Crippen LogP contribution in [0.2, 0.25) is 0 Å². The molecule has 0 radical (unpaired) electrons. The van der Waals surface area contributed by atoms with Gasteiger partial charge in [-0.1, -0.05) is 6.07 Å². The second-order valence-corrected chi connectivity index (χ2v) is 6.87. The Hall–Kier alpha value is -1.83. The van der Waals surface area contributed by atoms with Gasteiger partial charge in [0, 0.05) is 25.6 Å². The van der Waals surface area contributed by atoms with Gasteiger partial charge in [-0.25, -0.2) is 0 Å². The topological polar surface area (TPSA) is 79.9 Å². The van der Waals surface area contributed by atoms with E-state index in [0.717, 1.165) is 18.5 Å². The van der Waals surface area contributed by atoms with E-state index in [9.17, 15) is 9.59 Å². The molecule has 2 amide bonds. The van der Waals surface area contributed by atoms with Crippen LogP contribution in [0.4, 0.5) is 5.69 Å². The van der Waals surface area contributed by atoms with Crippen LogP contribution >= 0.6 is 12.4 Å². The second kappa shape index (κ2) is 9.92. The molecule has 1 aromatic rings. The van der Waals surface area contributed by atoms with Crippen molar-refractivity contribution in [3.05, 3.63) is 23.8 Å². The van der Waals surface area contributed by atoms with Gasteiger partial charge >= 0.3 is 0 Å². The number of carbonyl (C=O) groups excluding carboxylic acids is 2. The summed E-state index contributed by atoms with van der Waals surface area (Å²) in [4.78, 5) is 27.2. The lowest BCUT2D eigenvalue weighted by Crippen LogP contribution is -2.48. The van der Waals surface area contributed by atoms with Gasteiger partial charge in [0.1, 0.15) is 11.8 Å². The van der Waals surface area contributed by atoms with Gasteiger partial charge in [0.05, 0.1) is 26.0 Å². The zero-order chi connectivity index (χ0) is 18.5. The lowest BCUT2D eigenvalue weighted by Gasteiger charge is -2.28. The third-order valence-electron chi connectivity index (χ3n) is 4.91. The van der Waals surface area contributed by atoms with E-state index in [0.29, 0.717) is 44.0 Å². The van der Waals surface area contributed by atoms with E-state index in [4.69, 9.17) is 9.47 Å². The van der Waals surface area contributed by atoms with Crippen LogP contribution in [0.1, 0.15) is 24.8 Å². The number of rotatable bonds is 5. The molecule has 2 aliphatic heterocycles. The molecule has 2 unspecified atom stereocenters. The molecule has 3 rings (SSSR count). The third-order valence-corrected chi connectivity index (χ3v) is 4.91. The highest BCUT2D eigenvalue weighted by Crippen LogP contribution is 2.27. The number of benzene rings is 1. The van der Waals surface area contributed by atoms with E-state index in [1.165, 1.54) is 0 Å². The number of hydrogen-bond donors (Lipinski definition) is 2. The van der Waals surface area contributed by atoms with Gasteiger partial charge < -0.3 is 25.0 Å². The number of morpholine rings is 1. The molecule has 150 valence electrons. The molecule has 0 spiro atoms. The molecule has 0 bridgehead atoms. The van der Waals surface area contributed by atoms with Crippen LogP contribution in [0, 0.1) is 6.92 Å². The summed E-state index contributed by atoms with van der Waals surface area (Å²) in [7, 11) is 1.57. The molecule has 2 saturated heterocycles. The van der Waals surface area contributed by atoms with Crippen molar-refractivity contribution in [1.29, 1.82) is 0 Å². The number of halogens is 1. The largest absolute Gasteiger partial charge is 0.495 e. The highest BCUT2D eigenvalue weighted by atomic mass is 35.5. The van der Waals surface area contributed by atoms with Crippen molar-refractivity contribution in [1.82, 2.24) is 10.2 Å². The van der Waals surface area contributed by atoms with Crippen molar-refractivity contribution in [2.75, 3.05) is 38.7 Å². The van der Waals surface area contributed by atoms with Crippen LogP contribution in [0.15, 0.2) is 18.2 Å². The molecule has 0 saturated carbocycles. The number of aryl methyl sites for hydroxylation is 1. The molecular formula is C19H28ClN3O4.